The number of nitrogens with zero attached hydrogens (tertiary/aromatic N) is 3. The molecule has 0 radical (unpaired) electrons. The molecule has 1 aliphatic carbocycles. The Morgan fingerprint density at radius 3 is 3.00 bits per heavy atom. The molecule has 0 fully saturated rings. The average Bonchev–Trinajstić information content (AvgIpc) is 2.78. The van der Waals surface area contributed by atoms with Crippen molar-refractivity contribution in [1.29, 1.82) is 0 Å². The summed E-state index contributed by atoms with van der Waals surface area (Å²) in [7, 11) is 3.73. The highest BCUT2D eigenvalue weighted by atomic mass is 35.5. The molecule has 0 saturated carbocycles. The Morgan fingerprint density at radius 2 is 2.27 bits per heavy atom. The molecule has 0 saturated heterocycles. The third-order valence-electron chi connectivity index (χ3n) is 2.86. The van der Waals surface area contributed by atoms with Gasteiger partial charge in [-0.3, -0.25) is 4.99 Å². The minimum atomic E-state index is 0.638. The zero-order chi connectivity index (χ0) is 15.8. The molecule has 0 N–H and O–H groups in total. The van der Waals surface area contributed by atoms with Crippen LogP contribution in [0.25, 0.3) is 0 Å². The van der Waals surface area contributed by atoms with Gasteiger partial charge >= 0.3 is 0 Å². The first-order chi connectivity index (χ1) is 10.7. The van der Waals surface area contributed by atoms with E-state index in [9.17, 15) is 0 Å². The summed E-state index contributed by atoms with van der Waals surface area (Å²) in [6.45, 7) is 0. The standard InChI is InChI=1S/C17H18ClN3S/c1-19-13-21(2)17(11-14-7-5-3-4-6-8-14)22-16-10-9-15(18)12-20-16/h3-5,7-13H,6H2,1-2H3/b17-11-,19-13?. The molecular formula is C17H18ClN3S. The van der Waals surface area contributed by atoms with E-state index < -0.39 is 0 Å². The summed E-state index contributed by atoms with van der Waals surface area (Å²) >= 11 is 7.47. The lowest BCUT2D eigenvalue weighted by Crippen LogP contribution is -2.13. The maximum Gasteiger partial charge on any atom is 0.102 e. The van der Waals surface area contributed by atoms with Crippen LogP contribution in [0.2, 0.25) is 5.02 Å². The van der Waals surface area contributed by atoms with Gasteiger partial charge in [-0.05, 0) is 30.2 Å². The molecule has 1 aromatic rings. The predicted octanol–water partition coefficient (Wildman–Crippen LogP) is 4.70. The van der Waals surface area contributed by atoms with Crippen LogP contribution in [0.15, 0.2) is 75.4 Å². The molecular weight excluding hydrogens is 314 g/mol. The van der Waals surface area contributed by atoms with Crippen LogP contribution >= 0.6 is 23.4 Å². The molecule has 114 valence electrons. The topological polar surface area (TPSA) is 28.5 Å². The van der Waals surface area contributed by atoms with Gasteiger partial charge in [-0.1, -0.05) is 53.7 Å². The Morgan fingerprint density at radius 1 is 1.41 bits per heavy atom. The normalized spacial score (nSPS) is 15.0. The summed E-state index contributed by atoms with van der Waals surface area (Å²) in [5.74, 6) is 0. The Labute approximate surface area is 140 Å². The second-order valence-electron chi connectivity index (χ2n) is 4.61. The fourth-order valence-electron chi connectivity index (χ4n) is 1.81. The SMILES string of the molecule is CN=CN(C)/C(=C/C1=CCC=CC=C1)Sc1ccc(Cl)cn1. The van der Waals surface area contributed by atoms with E-state index in [2.05, 4.69) is 40.4 Å². The molecule has 3 nitrogen and oxygen atoms in total. The van der Waals surface area contributed by atoms with Gasteiger partial charge in [-0.2, -0.15) is 0 Å². The highest BCUT2D eigenvalue weighted by molar-refractivity contribution is 8.03. The number of pyridine rings is 1. The number of thioether (sulfide) groups is 1. The van der Waals surface area contributed by atoms with Gasteiger partial charge < -0.3 is 4.90 Å². The van der Waals surface area contributed by atoms with Crippen molar-refractivity contribution in [3.05, 3.63) is 70.4 Å². The molecule has 5 heteroatoms. The van der Waals surface area contributed by atoms with Crippen molar-refractivity contribution < 1.29 is 0 Å². The van der Waals surface area contributed by atoms with Crippen molar-refractivity contribution in [2.45, 2.75) is 11.4 Å². The summed E-state index contributed by atoms with van der Waals surface area (Å²) in [6.07, 6.45) is 17.0. The molecule has 1 aliphatic rings. The summed E-state index contributed by atoms with van der Waals surface area (Å²) < 4.78 is 0. The first-order valence-corrected chi connectivity index (χ1v) is 8.08. The Bertz CT molecular complexity index is 642. The lowest BCUT2D eigenvalue weighted by Gasteiger charge is -2.17. The molecule has 0 aromatic carbocycles. The number of rotatable bonds is 5. The van der Waals surface area contributed by atoms with E-state index in [4.69, 9.17) is 11.6 Å². The maximum absolute atomic E-state index is 5.89. The van der Waals surface area contributed by atoms with Crippen LogP contribution in [0.1, 0.15) is 6.42 Å². The molecule has 0 aliphatic heterocycles. The van der Waals surface area contributed by atoms with Gasteiger partial charge in [0, 0.05) is 20.3 Å². The smallest absolute Gasteiger partial charge is 0.102 e. The van der Waals surface area contributed by atoms with E-state index in [0.717, 1.165) is 22.0 Å². The van der Waals surface area contributed by atoms with E-state index in [1.54, 1.807) is 31.3 Å². The van der Waals surface area contributed by atoms with Crippen LogP contribution in [0.3, 0.4) is 0 Å². The van der Waals surface area contributed by atoms with Gasteiger partial charge in [0.15, 0.2) is 0 Å². The van der Waals surface area contributed by atoms with Crippen molar-refractivity contribution in [2.75, 3.05) is 14.1 Å². The zero-order valence-electron chi connectivity index (χ0n) is 12.6. The van der Waals surface area contributed by atoms with E-state index in [0.29, 0.717) is 5.02 Å². The number of halogens is 1. The number of allylic oxidation sites excluding steroid dienone is 7. The van der Waals surface area contributed by atoms with Gasteiger partial charge in [-0.15, -0.1) is 0 Å². The second kappa shape index (κ2) is 8.61. The van der Waals surface area contributed by atoms with Gasteiger partial charge in [0.2, 0.25) is 0 Å². The fourth-order valence-corrected chi connectivity index (χ4v) is 2.76. The summed E-state index contributed by atoms with van der Waals surface area (Å²) in [6, 6.07) is 3.76. The first kappa shape index (κ1) is 16.6. The van der Waals surface area contributed by atoms with E-state index in [1.807, 2.05) is 30.2 Å². The van der Waals surface area contributed by atoms with Gasteiger partial charge in [0.25, 0.3) is 0 Å². The Kier molecular flexibility index (Phi) is 6.49. The molecule has 0 bridgehead atoms. The quantitative estimate of drug-likeness (QED) is 0.445. The van der Waals surface area contributed by atoms with Crippen LogP contribution in [-0.2, 0) is 0 Å². The van der Waals surface area contributed by atoms with Gasteiger partial charge in [0.05, 0.1) is 16.4 Å². The average molecular weight is 332 g/mol. The highest BCUT2D eigenvalue weighted by Crippen LogP contribution is 2.28. The molecule has 1 heterocycles. The van der Waals surface area contributed by atoms with Crippen molar-refractivity contribution >= 4 is 29.7 Å². The van der Waals surface area contributed by atoms with Crippen molar-refractivity contribution in [3.63, 3.8) is 0 Å². The number of aromatic nitrogens is 1. The van der Waals surface area contributed by atoms with E-state index in [1.165, 1.54) is 0 Å². The molecule has 2 rings (SSSR count). The highest BCUT2D eigenvalue weighted by Gasteiger charge is 2.07. The van der Waals surface area contributed by atoms with Crippen LogP contribution in [0, 0.1) is 0 Å². The fraction of sp³-hybridized carbons (Fsp3) is 0.176. The molecule has 1 aromatic heterocycles. The predicted molar refractivity (Wildman–Crippen MR) is 96.3 cm³/mol. The van der Waals surface area contributed by atoms with Crippen molar-refractivity contribution in [1.82, 2.24) is 9.88 Å². The molecule has 22 heavy (non-hydrogen) atoms. The minimum Gasteiger partial charge on any atom is -0.330 e. The van der Waals surface area contributed by atoms with Crippen molar-refractivity contribution in [3.8, 4) is 0 Å². The largest absolute Gasteiger partial charge is 0.330 e. The maximum atomic E-state index is 5.89. The number of hydrogen-bond acceptors (Lipinski definition) is 3. The summed E-state index contributed by atoms with van der Waals surface area (Å²) in [5, 5.41) is 2.57. The van der Waals surface area contributed by atoms with Gasteiger partial charge in [-0.25, -0.2) is 4.98 Å². The Hall–Kier alpha value is -1.78. The van der Waals surface area contributed by atoms with Gasteiger partial charge in [0.1, 0.15) is 5.03 Å². The van der Waals surface area contributed by atoms with Crippen LogP contribution in [-0.4, -0.2) is 30.3 Å². The number of hydrogen-bond donors (Lipinski definition) is 0. The third-order valence-corrected chi connectivity index (χ3v) is 4.15. The van der Waals surface area contributed by atoms with Crippen LogP contribution in [0.5, 0.6) is 0 Å². The van der Waals surface area contributed by atoms with E-state index in [-0.39, 0.29) is 0 Å². The second-order valence-corrected chi connectivity index (χ2v) is 6.09. The first-order valence-electron chi connectivity index (χ1n) is 6.88. The molecule has 0 amide bonds. The Balaban J connectivity index is 2.26. The molecule has 0 unspecified atom stereocenters. The van der Waals surface area contributed by atoms with E-state index >= 15 is 0 Å². The van der Waals surface area contributed by atoms with Crippen LogP contribution in [0.4, 0.5) is 0 Å². The lowest BCUT2D eigenvalue weighted by atomic mass is 10.2. The molecule has 0 spiro atoms. The number of aliphatic imine (C=N–C) groups is 1. The third kappa shape index (κ3) is 5.20. The molecule has 0 atom stereocenters. The minimum absolute atomic E-state index is 0.638. The monoisotopic (exact) mass is 331 g/mol. The summed E-state index contributed by atoms with van der Waals surface area (Å²) in [4.78, 5) is 10.4. The zero-order valence-corrected chi connectivity index (χ0v) is 14.2. The lowest BCUT2D eigenvalue weighted by molar-refractivity contribution is 0.691. The van der Waals surface area contributed by atoms with Crippen LogP contribution < -0.4 is 0 Å². The summed E-state index contributed by atoms with van der Waals surface area (Å²) in [5.41, 5.74) is 1.16. The van der Waals surface area contributed by atoms with Crippen molar-refractivity contribution in [2.24, 2.45) is 4.99 Å².